The van der Waals surface area contributed by atoms with Crippen molar-refractivity contribution in [1.29, 1.82) is 0 Å². The zero-order valence-electron chi connectivity index (χ0n) is 29.6. The molecule has 0 saturated heterocycles. The number of methoxy groups -OCH3 is 1. The monoisotopic (exact) mass is 711 g/mol. The molecular formula is C41H49N3O8. The molecule has 3 amide bonds. The number of hydrogen-bond donors (Lipinski definition) is 4. The molecule has 11 nitrogen and oxygen atoms in total. The summed E-state index contributed by atoms with van der Waals surface area (Å²) in [6.07, 6.45) is 2.97. The molecule has 0 spiro atoms. The topological polar surface area (TPSA) is 152 Å². The lowest BCUT2D eigenvalue weighted by Crippen LogP contribution is -2.30. The van der Waals surface area contributed by atoms with Crippen LogP contribution in [0.5, 0.6) is 0 Å². The van der Waals surface area contributed by atoms with E-state index in [1.807, 2.05) is 121 Å². The molecule has 4 aromatic rings. The second-order valence-electron chi connectivity index (χ2n) is 11.9. The largest absolute Gasteiger partial charge is 0.469 e. The Balaban J connectivity index is 0.000000280. The van der Waals surface area contributed by atoms with Gasteiger partial charge in [0, 0.05) is 24.2 Å². The summed E-state index contributed by atoms with van der Waals surface area (Å²) in [5, 5.41) is 14.3. The molecule has 4 N–H and O–H groups in total. The average molecular weight is 712 g/mol. The van der Waals surface area contributed by atoms with Crippen molar-refractivity contribution >= 4 is 35.1 Å². The summed E-state index contributed by atoms with van der Waals surface area (Å²) in [5.41, 5.74) is 5.06. The number of hydroxylamine groups is 1. The minimum absolute atomic E-state index is 0.176. The van der Waals surface area contributed by atoms with E-state index in [1.54, 1.807) is 5.48 Å². The highest BCUT2D eigenvalue weighted by Gasteiger charge is 2.21. The number of hydrogen-bond acceptors (Lipinski definition) is 8. The Morgan fingerprint density at radius 2 is 0.942 bits per heavy atom. The van der Waals surface area contributed by atoms with Crippen LogP contribution in [0.1, 0.15) is 62.5 Å². The number of unbranched alkanes of at least 4 members (excludes halogenated alkanes) is 2. The fourth-order valence-electron chi connectivity index (χ4n) is 4.98. The van der Waals surface area contributed by atoms with Crippen LogP contribution in [0.2, 0.25) is 0 Å². The first-order valence-electron chi connectivity index (χ1n) is 17.4. The molecule has 0 aliphatic carbocycles. The van der Waals surface area contributed by atoms with Gasteiger partial charge in [-0.1, -0.05) is 97.1 Å². The fourth-order valence-corrected chi connectivity index (χ4v) is 4.98. The zero-order chi connectivity index (χ0) is 37.2. The Morgan fingerprint density at radius 3 is 1.33 bits per heavy atom. The molecule has 0 aliphatic heterocycles. The van der Waals surface area contributed by atoms with Crippen molar-refractivity contribution in [3.05, 3.63) is 132 Å². The third-order valence-electron chi connectivity index (χ3n) is 7.83. The predicted molar refractivity (Wildman–Crippen MR) is 199 cm³/mol. The number of rotatable bonds is 20. The summed E-state index contributed by atoms with van der Waals surface area (Å²) >= 11 is 0. The summed E-state index contributed by atoms with van der Waals surface area (Å²) in [4.78, 5) is 47.4. The van der Waals surface area contributed by atoms with Crippen LogP contribution < -0.4 is 16.1 Å². The van der Waals surface area contributed by atoms with Crippen molar-refractivity contribution < 1.29 is 38.6 Å². The maximum Gasteiger partial charge on any atom is 0.305 e. The van der Waals surface area contributed by atoms with E-state index < -0.39 is 18.1 Å². The van der Waals surface area contributed by atoms with Crippen LogP contribution in [0.3, 0.4) is 0 Å². The van der Waals surface area contributed by atoms with Crippen LogP contribution in [-0.4, -0.2) is 48.2 Å². The zero-order valence-corrected chi connectivity index (χ0v) is 29.6. The van der Waals surface area contributed by atoms with E-state index in [4.69, 9.17) is 14.7 Å². The Morgan fingerprint density at radius 1 is 0.558 bits per heavy atom. The van der Waals surface area contributed by atoms with Gasteiger partial charge in [-0.2, -0.15) is 0 Å². The summed E-state index contributed by atoms with van der Waals surface area (Å²) in [6.45, 7) is 0.704. The summed E-state index contributed by atoms with van der Waals surface area (Å²) in [6, 6.07) is 37.9. The molecule has 2 unspecified atom stereocenters. The Kier molecular flexibility index (Phi) is 19.5. The van der Waals surface area contributed by atoms with Crippen LogP contribution in [0, 0.1) is 0 Å². The molecule has 52 heavy (non-hydrogen) atoms. The van der Waals surface area contributed by atoms with Gasteiger partial charge in [0.1, 0.15) is 12.2 Å². The summed E-state index contributed by atoms with van der Waals surface area (Å²) in [5.74, 6) is -1.05. The molecule has 0 saturated carbocycles. The van der Waals surface area contributed by atoms with E-state index in [0.29, 0.717) is 63.8 Å². The van der Waals surface area contributed by atoms with Gasteiger partial charge in [0.05, 0.1) is 20.3 Å². The smallest absolute Gasteiger partial charge is 0.305 e. The van der Waals surface area contributed by atoms with Gasteiger partial charge in [-0.25, -0.2) is 5.48 Å². The Hall–Kier alpha value is -5.36. The molecule has 0 fully saturated rings. The molecule has 4 rings (SSSR count). The van der Waals surface area contributed by atoms with Crippen molar-refractivity contribution in [3.8, 4) is 0 Å². The molecule has 0 heterocycles. The Labute approximate surface area is 305 Å². The molecular weight excluding hydrogens is 662 g/mol. The maximum atomic E-state index is 12.6. The molecule has 11 heteroatoms. The van der Waals surface area contributed by atoms with Crippen molar-refractivity contribution in [3.63, 3.8) is 0 Å². The van der Waals surface area contributed by atoms with Gasteiger partial charge >= 0.3 is 5.97 Å². The number of carbonyl (C=O) groups is 4. The third-order valence-corrected chi connectivity index (χ3v) is 7.83. The fraction of sp³-hybridized carbons (Fsp3) is 0.317. The number of para-hydroxylation sites is 2. The summed E-state index contributed by atoms with van der Waals surface area (Å²) in [7, 11) is 1.38. The number of amides is 3. The molecule has 0 bridgehead atoms. The molecule has 276 valence electrons. The van der Waals surface area contributed by atoms with Gasteiger partial charge in [0.15, 0.2) is 0 Å². The van der Waals surface area contributed by atoms with Gasteiger partial charge in [-0.05, 0) is 73.9 Å². The lowest BCUT2D eigenvalue weighted by Gasteiger charge is -2.18. The minimum Gasteiger partial charge on any atom is -0.469 e. The first-order valence-corrected chi connectivity index (χ1v) is 17.4. The standard InChI is InChI=1S/C21H25NO4.C20H24N2O4/c1-25-20(23)15-9-8-14-19(26-16-17-10-4-2-5-11-17)21(24)22-18-12-6-3-7-13-18;23-19(22-25)14-8-7-13-18(26-15-16-9-3-1-4-10-16)20(24)21-17-11-5-2-6-12-17/h2-7,10-13,19H,8-9,14-16H2,1H3,(H,22,24);1-6,9-12,18,25H,7-8,13-15H2,(H,21,24)(H,22,23). The second kappa shape index (κ2) is 24.7. The van der Waals surface area contributed by atoms with Gasteiger partial charge in [-0.15, -0.1) is 0 Å². The number of ether oxygens (including phenoxy) is 3. The second-order valence-corrected chi connectivity index (χ2v) is 11.9. The number of anilines is 2. The van der Waals surface area contributed by atoms with Crippen LogP contribution in [0.4, 0.5) is 11.4 Å². The van der Waals surface area contributed by atoms with Crippen molar-refractivity contribution in [2.24, 2.45) is 0 Å². The molecule has 4 aromatic carbocycles. The lowest BCUT2D eigenvalue weighted by atomic mass is 10.1. The van der Waals surface area contributed by atoms with Crippen molar-refractivity contribution in [2.75, 3.05) is 17.7 Å². The molecule has 0 aromatic heterocycles. The normalized spacial score (nSPS) is 11.6. The van der Waals surface area contributed by atoms with E-state index in [-0.39, 0.29) is 24.2 Å². The van der Waals surface area contributed by atoms with Crippen LogP contribution in [0.25, 0.3) is 0 Å². The van der Waals surface area contributed by atoms with Gasteiger partial charge in [-0.3, -0.25) is 24.4 Å². The third kappa shape index (κ3) is 17.0. The van der Waals surface area contributed by atoms with Crippen molar-refractivity contribution in [1.82, 2.24) is 5.48 Å². The molecule has 2 atom stereocenters. The van der Waals surface area contributed by atoms with E-state index in [0.717, 1.165) is 16.8 Å². The van der Waals surface area contributed by atoms with E-state index in [1.165, 1.54) is 7.11 Å². The van der Waals surface area contributed by atoms with E-state index in [9.17, 15) is 19.2 Å². The SMILES string of the molecule is COC(=O)CCCCC(OCc1ccccc1)C(=O)Nc1ccccc1.O=C(CCCCC(OCc1ccccc1)C(=O)Nc1ccccc1)NO. The highest BCUT2D eigenvalue weighted by atomic mass is 16.5. The number of nitrogens with one attached hydrogen (secondary N) is 3. The quantitative estimate of drug-likeness (QED) is 0.0325. The number of carbonyl (C=O) groups excluding carboxylic acids is 4. The first-order chi connectivity index (χ1) is 25.4. The Bertz CT molecular complexity index is 1470. The van der Waals surface area contributed by atoms with E-state index >= 15 is 0 Å². The van der Waals surface area contributed by atoms with Crippen LogP contribution >= 0.6 is 0 Å². The lowest BCUT2D eigenvalue weighted by molar-refractivity contribution is -0.140. The highest BCUT2D eigenvalue weighted by Crippen LogP contribution is 2.16. The van der Waals surface area contributed by atoms with E-state index in [2.05, 4.69) is 15.4 Å². The summed E-state index contributed by atoms with van der Waals surface area (Å²) < 4.78 is 16.3. The maximum absolute atomic E-state index is 12.6. The van der Waals surface area contributed by atoms with Gasteiger partial charge in [0.2, 0.25) is 5.91 Å². The first kappa shape index (κ1) is 41.1. The van der Waals surface area contributed by atoms with Crippen molar-refractivity contribution in [2.45, 2.75) is 76.8 Å². The number of esters is 1. The highest BCUT2D eigenvalue weighted by molar-refractivity contribution is 5.94. The molecule has 0 radical (unpaired) electrons. The minimum atomic E-state index is -0.618. The van der Waals surface area contributed by atoms with Crippen LogP contribution in [-0.2, 0) is 46.6 Å². The number of benzene rings is 4. The van der Waals surface area contributed by atoms with Gasteiger partial charge < -0.3 is 24.8 Å². The predicted octanol–water partition coefficient (Wildman–Crippen LogP) is 7.22. The van der Waals surface area contributed by atoms with Crippen LogP contribution in [0.15, 0.2) is 121 Å². The molecule has 0 aliphatic rings. The van der Waals surface area contributed by atoms with Gasteiger partial charge in [0.25, 0.3) is 11.8 Å². The average Bonchev–Trinajstić information content (AvgIpc) is 3.18.